The molecule has 1 fully saturated rings. The summed E-state index contributed by atoms with van der Waals surface area (Å²) in [7, 11) is 0. The van der Waals surface area contributed by atoms with Crippen LogP contribution in [-0.4, -0.2) is 44.0 Å². The Labute approximate surface area is 109 Å². The summed E-state index contributed by atoms with van der Waals surface area (Å²) in [6, 6.07) is 10.5. The second kappa shape index (κ2) is 7.48. The Kier molecular flexibility index (Phi) is 5.61. The van der Waals surface area contributed by atoms with E-state index in [1.54, 1.807) is 0 Å². The number of benzene rings is 1. The highest BCUT2D eigenvalue weighted by atomic mass is 16.7. The summed E-state index contributed by atoms with van der Waals surface area (Å²) in [5, 5.41) is 0. The molecule has 1 heterocycles. The van der Waals surface area contributed by atoms with Crippen molar-refractivity contribution < 1.29 is 9.47 Å². The summed E-state index contributed by atoms with van der Waals surface area (Å²) >= 11 is 0. The maximum absolute atomic E-state index is 5.68. The van der Waals surface area contributed by atoms with Crippen molar-refractivity contribution in [3.63, 3.8) is 0 Å². The standard InChI is InChI=1S/C14H22N2O2/c15-7-8-16(10-13-4-2-1-3-5-13)11-14-6-9-17-12-18-14/h1-5,14H,6-12,15H2. The van der Waals surface area contributed by atoms with Crippen molar-refractivity contribution in [2.24, 2.45) is 5.73 Å². The summed E-state index contributed by atoms with van der Waals surface area (Å²) in [5.74, 6) is 0. The fraction of sp³-hybridized carbons (Fsp3) is 0.571. The number of ether oxygens (including phenoxy) is 2. The fourth-order valence-corrected chi connectivity index (χ4v) is 2.19. The number of rotatable bonds is 6. The summed E-state index contributed by atoms with van der Waals surface area (Å²) in [6.07, 6.45) is 1.24. The molecule has 1 atom stereocenters. The van der Waals surface area contributed by atoms with Gasteiger partial charge in [-0.05, 0) is 12.0 Å². The SMILES string of the molecule is NCCN(Cc1ccccc1)CC1CCOCO1. The molecule has 1 saturated heterocycles. The van der Waals surface area contributed by atoms with Gasteiger partial charge in [0.05, 0.1) is 12.7 Å². The zero-order valence-electron chi connectivity index (χ0n) is 10.8. The predicted molar refractivity (Wildman–Crippen MR) is 71.1 cm³/mol. The largest absolute Gasteiger partial charge is 0.355 e. The summed E-state index contributed by atoms with van der Waals surface area (Å²) in [5.41, 5.74) is 7.00. The monoisotopic (exact) mass is 250 g/mol. The van der Waals surface area contributed by atoms with Crippen LogP contribution in [0.25, 0.3) is 0 Å². The first-order valence-electron chi connectivity index (χ1n) is 6.54. The third-order valence-corrected chi connectivity index (χ3v) is 3.13. The van der Waals surface area contributed by atoms with Gasteiger partial charge in [0.2, 0.25) is 0 Å². The van der Waals surface area contributed by atoms with Crippen molar-refractivity contribution in [2.75, 3.05) is 33.0 Å². The Hall–Kier alpha value is -0.940. The molecule has 1 aliphatic heterocycles. The lowest BCUT2D eigenvalue weighted by Crippen LogP contribution is -2.39. The summed E-state index contributed by atoms with van der Waals surface area (Å²) in [6.45, 7) is 4.65. The Bertz CT molecular complexity index is 326. The average molecular weight is 250 g/mol. The lowest BCUT2D eigenvalue weighted by atomic mass is 10.2. The molecule has 18 heavy (non-hydrogen) atoms. The molecular formula is C14H22N2O2. The van der Waals surface area contributed by atoms with E-state index in [0.717, 1.165) is 32.7 Å². The molecule has 0 aliphatic carbocycles. The molecule has 0 amide bonds. The van der Waals surface area contributed by atoms with Gasteiger partial charge in [-0.15, -0.1) is 0 Å². The number of nitrogens with two attached hydrogens (primary N) is 1. The van der Waals surface area contributed by atoms with E-state index >= 15 is 0 Å². The van der Waals surface area contributed by atoms with Crippen LogP contribution >= 0.6 is 0 Å². The number of hydrogen-bond donors (Lipinski definition) is 1. The summed E-state index contributed by atoms with van der Waals surface area (Å²) in [4.78, 5) is 2.35. The molecule has 2 N–H and O–H groups in total. The number of nitrogens with zero attached hydrogens (tertiary/aromatic N) is 1. The minimum atomic E-state index is 0.272. The van der Waals surface area contributed by atoms with Gasteiger partial charge in [0.1, 0.15) is 6.79 Å². The lowest BCUT2D eigenvalue weighted by molar-refractivity contribution is -0.144. The van der Waals surface area contributed by atoms with E-state index in [9.17, 15) is 0 Å². The van der Waals surface area contributed by atoms with Crippen LogP contribution in [-0.2, 0) is 16.0 Å². The fourth-order valence-electron chi connectivity index (χ4n) is 2.19. The van der Waals surface area contributed by atoms with Gasteiger partial charge in [-0.2, -0.15) is 0 Å². The van der Waals surface area contributed by atoms with Crippen molar-refractivity contribution in [1.29, 1.82) is 0 Å². The van der Waals surface area contributed by atoms with Gasteiger partial charge in [0.15, 0.2) is 0 Å². The Balaban J connectivity index is 1.86. The molecule has 0 radical (unpaired) electrons. The van der Waals surface area contributed by atoms with Crippen LogP contribution in [0.15, 0.2) is 30.3 Å². The van der Waals surface area contributed by atoms with Crippen LogP contribution in [0.5, 0.6) is 0 Å². The smallest absolute Gasteiger partial charge is 0.147 e. The first-order valence-corrected chi connectivity index (χ1v) is 6.54. The van der Waals surface area contributed by atoms with Gasteiger partial charge in [-0.25, -0.2) is 0 Å². The van der Waals surface area contributed by atoms with Crippen LogP contribution in [0, 0.1) is 0 Å². The topological polar surface area (TPSA) is 47.7 Å². The van der Waals surface area contributed by atoms with Gasteiger partial charge < -0.3 is 15.2 Å². The minimum Gasteiger partial charge on any atom is -0.355 e. The highest BCUT2D eigenvalue weighted by molar-refractivity contribution is 5.14. The third kappa shape index (κ3) is 4.38. The van der Waals surface area contributed by atoms with E-state index in [4.69, 9.17) is 15.2 Å². The van der Waals surface area contributed by atoms with Crippen LogP contribution < -0.4 is 5.73 Å². The average Bonchev–Trinajstić information content (AvgIpc) is 2.41. The zero-order chi connectivity index (χ0) is 12.6. The normalized spacial score (nSPS) is 20.2. The van der Waals surface area contributed by atoms with E-state index < -0.39 is 0 Å². The molecule has 1 aromatic carbocycles. The zero-order valence-corrected chi connectivity index (χ0v) is 10.8. The summed E-state index contributed by atoms with van der Waals surface area (Å²) < 4.78 is 10.8. The van der Waals surface area contributed by atoms with Crippen molar-refractivity contribution >= 4 is 0 Å². The molecule has 4 nitrogen and oxygen atoms in total. The minimum absolute atomic E-state index is 0.272. The number of hydrogen-bond acceptors (Lipinski definition) is 4. The van der Waals surface area contributed by atoms with E-state index in [1.165, 1.54) is 5.56 Å². The van der Waals surface area contributed by atoms with Gasteiger partial charge >= 0.3 is 0 Å². The first-order chi connectivity index (χ1) is 8.88. The molecule has 4 heteroatoms. The first kappa shape index (κ1) is 13.5. The van der Waals surface area contributed by atoms with Crippen molar-refractivity contribution in [1.82, 2.24) is 4.90 Å². The molecule has 1 aliphatic rings. The molecule has 100 valence electrons. The highest BCUT2D eigenvalue weighted by Gasteiger charge is 2.17. The Morgan fingerprint density at radius 2 is 2.11 bits per heavy atom. The second-order valence-corrected chi connectivity index (χ2v) is 4.61. The second-order valence-electron chi connectivity index (χ2n) is 4.61. The van der Waals surface area contributed by atoms with Crippen molar-refractivity contribution in [3.05, 3.63) is 35.9 Å². The van der Waals surface area contributed by atoms with Gasteiger partial charge in [-0.1, -0.05) is 30.3 Å². The van der Waals surface area contributed by atoms with Crippen LogP contribution in [0.4, 0.5) is 0 Å². The predicted octanol–water partition coefficient (Wildman–Crippen LogP) is 1.21. The Morgan fingerprint density at radius 3 is 2.78 bits per heavy atom. The molecule has 0 aromatic heterocycles. The Morgan fingerprint density at radius 1 is 1.28 bits per heavy atom. The van der Waals surface area contributed by atoms with E-state index in [-0.39, 0.29) is 6.10 Å². The molecule has 0 spiro atoms. The quantitative estimate of drug-likeness (QED) is 0.824. The molecular weight excluding hydrogens is 228 g/mol. The van der Waals surface area contributed by atoms with E-state index in [1.807, 2.05) is 6.07 Å². The van der Waals surface area contributed by atoms with E-state index in [2.05, 4.69) is 29.2 Å². The highest BCUT2D eigenvalue weighted by Crippen LogP contribution is 2.10. The van der Waals surface area contributed by atoms with Crippen molar-refractivity contribution in [2.45, 2.75) is 19.1 Å². The lowest BCUT2D eigenvalue weighted by Gasteiger charge is -2.29. The van der Waals surface area contributed by atoms with Gasteiger partial charge in [0.25, 0.3) is 0 Å². The van der Waals surface area contributed by atoms with Crippen LogP contribution in [0.1, 0.15) is 12.0 Å². The third-order valence-electron chi connectivity index (χ3n) is 3.13. The van der Waals surface area contributed by atoms with Gasteiger partial charge in [-0.3, -0.25) is 4.90 Å². The van der Waals surface area contributed by atoms with Crippen molar-refractivity contribution in [3.8, 4) is 0 Å². The maximum atomic E-state index is 5.68. The van der Waals surface area contributed by atoms with Crippen LogP contribution in [0.2, 0.25) is 0 Å². The molecule has 0 saturated carbocycles. The molecule has 1 unspecified atom stereocenters. The molecule has 1 aromatic rings. The van der Waals surface area contributed by atoms with Crippen LogP contribution in [0.3, 0.4) is 0 Å². The maximum Gasteiger partial charge on any atom is 0.147 e. The van der Waals surface area contributed by atoms with Gasteiger partial charge in [0, 0.05) is 26.2 Å². The molecule has 2 rings (SSSR count). The van der Waals surface area contributed by atoms with E-state index in [0.29, 0.717) is 13.3 Å². The molecule has 0 bridgehead atoms.